The average molecular weight is 383 g/mol. The average Bonchev–Trinajstić information content (AvgIpc) is 2.70. The molecule has 8 heteroatoms. The number of hydrogen-bond acceptors (Lipinski definition) is 6. The van der Waals surface area contributed by atoms with Gasteiger partial charge in [0.1, 0.15) is 19.0 Å². The van der Waals surface area contributed by atoms with Gasteiger partial charge in [-0.15, -0.1) is 0 Å². The largest absolute Gasteiger partial charge is 0.486 e. The molecule has 0 fully saturated rings. The number of hydrogen-bond donors (Lipinski definition) is 2. The van der Waals surface area contributed by atoms with Crippen molar-refractivity contribution in [2.24, 2.45) is 0 Å². The summed E-state index contributed by atoms with van der Waals surface area (Å²) in [6.45, 7) is 1.07. The fourth-order valence-corrected chi connectivity index (χ4v) is 3.64. The number of benzene rings is 2. The Hall–Kier alpha value is -3.26. The summed E-state index contributed by atoms with van der Waals surface area (Å²) in [5.41, 5.74) is 1.54. The van der Waals surface area contributed by atoms with Crippen molar-refractivity contribution in [2.75, 3.05) is 23.3 Å². The first-order valence-corrected chi connectivity index (χ1v) is 9.79. The van der Waals surface area contributed by atoms with E-state index in [0.717, 1.165) is 11.4 Å². The maximum absolute atomic E-state index is 12.3. The minimum Gasteiger partial charge on any atom is -0.486 e. The number of ether oxygens (including phenoxy) is 2. The molecule has 4 rings (SSSR count). The smallest absolute Gasteiger partial charge is 0.263 e. The molecule has 2 aromatic carbocycles. The van der Waals surface area contributed by atoms with Crippen molar-refractivity contribution in [3.8, 4) is 11.5 Å². The van der Waals surface area contributed by atoms with Gasteiger partial charge in [0.2, 0.25) is 0 Å². The van der Waals surface area contributed by atoms with Gasteiger partial charge in [-0.25, -0.2) is 13.4 Å². The van der Waals surface area contributed by atoms with Crippen LogP contribution in [0.2, 0.25) is 0 Å². The van der Waals surface area contributed by atoms with Crippen molar-refractivity contribution in [3.63, 3.8) is 0 Å². The van der Waals surface area contributed by atoms with Crippen LogP contribution in [0.15, 0.2) is 71.8 Å². The highest BCUT2D eigenvalue weighted by molar-refractivity contribution is 7.92. The second-order valence-corrected chi connectivity index (χ2v) is 7.52. The summed E-state index contributed by atoms with van der Waals surface area (Å²) in [6, 6.07) is 17.1. The summed E-state index contributed by atoms with van der Waals surface area (Å²) in [4.78, 5) is 4.35. The van der Waals surface area contributed by atoms with Crippen LogP contribution in [0.1, 0.15) is 0 Å². The molecule has 0 saturated carbocycles. The third-order valence-electron chi connectivity index (χ3n) is 3.89. The number of nitrogens with zero attached hydrogens (tertiary/aromatic N) is 1. The predicted molar refractivity (Wildman–Crippen MR) is 102 cm³/mol. The lowest BCUT2D eigenvalue weighted by Gasteiger charge is -2.19. The van der Waals surface area contributed by atoms with E-state index in [1.54, 1.807) is 36.5 Å². The molecule has 0 unspecified atom stereocenters. The van der Waals surface area contributed by atoms with Crippen LogP contribution in [-0.2, 0) is 10.0 Å². The molecule has 1 aliphatic rings. The van der Waals surface area contributed by atoms with Gasteiger partial charge in [-0.2, -0.15) is 0 Å². The molecule has 0 atom stereocenters. The lowest BCUT2D eigenvalue weighted by molar-refractivity contribution is 0.171. The van der Waals surface area contributed by atoms with E-state index < -0.39 is 10.0 Å². The van der Waals surface area contributed by atoms with Gasteiger partial charge < -0.3 is 14.8 Å². The number of anilines is 3. The molecule has 2 heterocycles. The van der Waals surface area contributed by atoms with Crippen LogP contribution in [0.3, 0.4) is 0 Å². The maximum Gasteiger partial charge on any atom is 0.263 e. The van der Waals surface area contributed by atoms with Gasteiger partial charge in [-0.05, 0) is 36.4 Å². The van der Waals surface area contributed by atoms with Crippen molar-refractivity contribution in [3.05, 3.63) is 66.9 Å². The van der Waals surface area contributed by atoms with Gasteiger partial charge in [0.05, 0.1) is 16.8 Å². The highest BCUT2D eigenvalue weighted by atomic mass is 32.2. The van der Waals surface area contributed by atoms with Gasteiger partial charge in [-0.1, -0.05) is 18.2 Å². The number of fused-ring (bicyclic) bond motifs is 1. The summed E-state index contributed by atoms with van der Waals surface area (Å²) < 4.78 is 38.2. The van der Waals surface area contributed by atoms with Crippen LogP contribution in [-0.4, -0.2) is 26.6 Å². The van der Waals surface area contributed by atoms with E-state index in [-0.39, 0.29) is 10.7 Å². The Morgan fingerprint density at radius 1 is 0.852 bits per heavy atom. The summed E-state index contributed by atoms with van der Waals surface area (Å²) in [7, 11) is -3.66. The molecule has 0 bridgehead atoms. The second kappa shape index (κ2) is 7.16. The first-order valence-electron chi connectivity index (χ1n) is 8.31. The molecule has 1 aromatic heterocycles. The Morgan fingerprint density at radius 3 is 2.33 bits per heavy atom. The van der Waals surface area contributed by atoms with Gasteiger partial charge in [0.25, 0.3) is 10.0 Å². The number of nitrogens with one attached hydrogen (secondary N) is 2. The van der Waals surface area contributed by atoms with Gasteiger partial charge in [0.15, 0.2) is 11.5 Å². The van der Waals surface area contributed by atoms with Crippen molar-refractivity contribution in [1.82, 2.24) is 4.98 Å². The lowest BCUT2D eigenvalue weighted by Crippen LogP contribution is -2.15. The SMILES string of the molecule is O=S(=O)(Nc1ccc(Nc2ccc3c(c2)OCCO3)cn1)c1ccccc1. The van der Waals surface area contributed by atoms with Crippen LogP contribution in [0.5, 0.6) is 11.5 Å². The fourth-order valence-electron chi connectivity index (χ4n) is 2.61. The molecule has 1 aliphatic heterocycles. The Kier molecular flexibility index (Phi) is 4.55. The molecule has 3 aromatic rings. The maximum atomic E-state index is 12.3. The van der Waals surface area contributed by atoms with E-state index in [1.165, 1.54) is 12.1 Å². The molecule has 0 saturated heterocycles. The number of rotatable bonds is 5. The van der Waals surface area contributed by atoms with Crippen LogP contribution < -0.4 is 19.5 Å². The monoisotopic (exact) mass is 383 g/mol. The fraction of sp³-hybridized carbons (Fsp3) is 0.105. The summed E-state index contributed by atoms with van der Waals surface area (Å²) >= 11 is 0. The molecule has 0 aliphatic carbocycles. The topological polar surface area (TPSA) is 89.6 Å². The molecule has 0 spiro atoms. The van der Waals surface area contributed by atoms with Gasteiger partial charge in [0, 0.05) is 11.8 Å². The lowest BCUT2D eigenvalue weighted by atomic mass is 10.2. The molecule has 2 N–H and O–H groups in total. The standard InChI is InChI=1S/C19H17N3O4S/c23-27(24,16-4-2-1-3-5-16)22-19-9-7-15(13-20-19)21-14-6-8-17-18(12-14)26-11-10-25-17/h1-9,12-13,21H,10-11H2,(H,20,22). The van der Waals surface area contributed by atoms with Gasteiger partial charge >= 0.3 is 0 Å². The predicted octanol–water partition coefficient (Wildman–Crippen LogP) is 3.40. The van der Waals surface area contributed by atoms with E-state index in [4.69, 9.17) is 9.47 Å². The third-order valence-corrected chi connectivity index (χ3v) is 5.26. The summed E-state index contributed by atoms with van der Waals surface area (Å²) in [6.07, 6.45) is 1.56. The van der Waals surface area contributed by atoms with Crippen LogP contribution in [0.4, 0.5) is 17.2 Å². The van der Waals surface area contributed by atoms with E-state index in [9.17, 15) is 8.42 Å². The molecule has 27 heavy (non-hydrogen) atoms. The highest BCUT2D eigenvalue weighted by Crippen LogP contribution is 2.33. The molecular formula is C19H17N3O4S. The van der Waals surface area contributed by atoms with Gasteiger partial charge in [-0.3, -0.25) is 4.72 Å². The summed E-state index contributed by atoms with van der Waals surface area (Å²) in [5.74, 6) is 1.65. The minimum absolute atomic E-state index is 0.185. The Morgan fingerprint density at radius 2 is 1.59 bits per heavy atom. The molecule has 0 radical (unpaired) electrons. The van der Waals surface area contributed by atoms with Crippen LogP contribution in [0.25, 0.3) is 0 Å². The second-order valence-electron chi connectivity index (χ2n) is 5.83. The van der Waals surface area contributed by atoms with Crippen LogP contribution >= 0.6 is 0 Å². The first kappa shape index (κ1) is 17.2. The van der Waals surface area contributed by atoms with Crippen molar-refractivity contribution in [1.29, 1.82) is 0 Å². The zero-order valence-corrected chi connectivity index (χ0v) is 15.1. The Labute approximate surface area is 157 Å². The first-order chi connectivity index (χ1) is 13.1. The van der Waals surface area contributed by atoms with Crippen molar-refractivity contribution in [2.45, 2.75) is 4.90 Å². The van der Waals surface area contributed by atoms with E-state index in [1.807, 2.05) is 18.2 Å². The highest BCUT2D eigenvalue weighted by Gasteiger charge is 2.14. The quantitative estimate of drug-likeness (QED) is 0.702. The third kappa shape index (κ3) is 3.95. The van der Waals surface area contributed by atoms with E-state index in [2.05, 4.69) is 15.0 Å². The number of aromatic nitrogens is 1. The molecule has 7 nitrogen and oxygen atoms in total. The number of pyridine rings is 1. The molecular weight excluding hydrogens is 366 g/mol. The molecule has 138 valence electrons. The Balaban J connectivity index is 1.46. The normalized spacial score (nSPS) is 13.0. The Bertz CT molecular complexity index is 1040. The van der Waals surface area contributed by atoms with E-state index >= 15 is 0 Å². The minimum atomic E-state index is -3.66. The van der Waals surface area contributed by atoms with Crippen LogP contribution in [0, 0.1) is 0 Å². The summed E-state index contributed by atoms with van der Waals surface area (Å²) in [5, 5.41) is 3.20. The molecule has 0 amide bonds. The zero-order valence-electron chi connectivity index (χ0n) is 14.3. The van der Waals surface area contributed by atoms with E-state index in [0.29, 0.717) is 24.7 Å². The number of sulfonamides is 1. The van der Waals surface area contributed by atoms with Crippen molar-refractivity contribution >= 4 is 27.2 Å². The van der Waals surface area contributed by atoms with Crippen molar-refractivity contribution < 1.29 is 17.9 Å². The zero-order chi connectivity index (χ0) is 18.7.